The van der Waals surface area contributed by atoms with Crippen LogP contribution in [0.1, 0.15) is 13.8 Å². The summed E-state index contributed by atoms with van der Waals surface area (Å²) < 4.78 is 0. The molecule has 110 valence electrons. The Bertz CT molecular complexity index is 441. The van der Waals surface area contributed by atoms with Crippen LogP contribution in [0.4, 0.5) is 11.4 Å². The summed E-state index contributed by atoms with van der Waals surface area (Å²) in [5, 5.41) is 5.13. The van der Waals surface area contributed by atoms with Crippen molar-refractivity contribution < 1.29 is 9.59 Å². The number of hydrogen-bond donors (Lipinski definition) is 3. The first-order chi connectivity index (χ1) is 9.60. The van der Waals surface area contributed by atoms with Gasteiger partial charge in [0.15, 0.2) is 0 Å². The fraction of sp³-hybridized carbons (Fsp3) is 0.429. The lowest BCUT2D eigenvalue weighted by molar-refractivity contribution is -0.123. The molecule has 0 aliphatic heterocycles. The molecule has 1 aromatic carbocycles. The number of carbonyl (C=O) groups excluding carboxylic acids is 2. The molecule has 20 heavy (non-hydrogen) atoms. The van der Waals surface area contributed by atoms with Gasteiger partial charge in [-0.1, -0.05) is 0 Å². The summed E-state index contributed by atoms with van der Waals surface area (Å²) in [7, 11) is 0. The number of nitrogens with two attached hydrogens (primary N) is 1. The third kappa shape index (κ3) is 4.89. The van der Waals surface area contributed by atoms with Crippen LogP contribution >= 0.6 is 0 Å². The molecular weight excluding hydrogens is 256 g/mol. The van der Waals surface area contributed by atoms with Gasteiger partial charge in [-0.15, -0.1) is 0 Å². The topological polar surface area (TPSA) is 87.5 Å². The summed E-state index contributed by atoms with van der Waals surface area (Å²) in [4.78, 5) is 24.7. The second-order valence-corrected chi connectivity index (χ2v) is 4.25. The average Bonchev–Trinajstić information content (AvgIpc) is 2.47. The predicted octanol–water partition coefficient (Wildman–Crippen LogP) is 0.546. The van der Waals surface area contributed by atoms with Gasteiger partial charge in [0.1, 0.15) is 0 Å². The Kier molecular flexibility index (Phi) is 6.52. The maximum Gasteiger partial charge on any atom is 0.243 e. The van der Waals surface area contributed by atoms with E-state index in [0.717, 1.165) is 18.8 Å². The predicted molar refractivity (Wildman–Crippen MR) is 80.7 cm³/mol. The van der Waals surface area contributed by atoms with Crippen molar-refractivity contribution in [2.24, 2.45) is 5.73 Å². The minimum atomic E-state index is -0.350. The van der Waals surface area contributed by atoms with E-state index in [1.165, 1.54) is 0 Å². The van der Waals surface area contributed by atoms with Crippen molar-refractivity contribution in [3.05, 3.63) is 24.3 Å². The molecule has 0 saturated carbocycles. The third-order valence-electron chi connectivity index (χ3n) is 2.91. The van der Waals surface area contributed by atoms with E-state index in [-0.39, 0.29) is 24.9 Å². The van der Waals surface area contributed by atoms with E-state index in [4.69, 9.17) is 5.73 Å². The lowest BCUT2D eigenvalue weighted by Crippen LogP contribution is -2.36. The van der Waals surface area contributed by atoms with E-state index in [0.29, 0.717) is 5.69 Å². The smallest absolute Gasteiger partial charge is 0.243 e. The fourth-order valence-corrected chi connectivity index (χ4v) is 1.80. The van der Waals surface area contributed by atoms with E-state index < -0.39 is 0 Å². The Balaban J connectivity index is 2.52. The van der Waals surface area contributed by atoms with Crippen LogP contribution in [0.15, 0.2) is 24.3 Å². The van der Waals surface area contributed by atoms with Gasteiger partial charge >= 0.3 is 0 Å². The minimum absolute atomic E-state index is 0.0756. The molecule has 0 aliphatic carbocycles. The molecule has 0 radical (unpaired) electrons. The van der Waals surface area contributed by atoms with Gasteiger partial charge in [0.05, 0.1) is 13.1 Å². The van der Waals surface area contributed by atoms with Gasteiger partial charge in [-0.05, 0) is 38.1 Å². The average molecular weight is 278 g/mol. The quantitative estimate of drug-likeness (QED) is 0.679. The number of rotatable bonds is 7. The number of benzene rings is 1. The molecule has 1 rings (SSSR count). The first-order valence-corrected chi connectivity index (χ1v) is 6.72. The van der Waals surface area contributed by atoms with Crippen LogP contribution in [0.25, 0.3) is 0 Å². The number of nitrogens with zero attached hydrogens (tertiary/aromatic N) is 1. The molecule has 0 heterocycles. The Morgan fingerprint density at radius 3 is 2.20 bits per heavy atom. The van der Waals surface area contributed by atoms with Crippen LogP contribution in [0.3, 0.4) is 0 Å². The number of anilines is 2. The number of nitrogens with one attached hydrogen (secondary N) is 2. The first kappa shape index (κ1) is 16.0. The Labute approximate surface area is 119 Å². The van der Waals surface area contributed by atoms with Crippen molar-refractivity contribution in [1.82, 2.24) is 5.32 Å². The molecule has 0 bridgehead atoms. The van der Waals surface area contributed by atoms with Crippen molar-refractivity contribution in [3.63, 3.8) is 0 Å². The highest BCUT2D eigenvalue weighted by atomic mass is 16.2. The van der Waals surface area contributed by atoms with Crippen LogP contribution in [0.5, 0.6) is 0 Å². The standard InChI is InChI=1S/C14H22N4O2/c1-3-18(4-2)12-7-5-11(6-8-12)17-14(20)10-16-13(19)9-15/h5-8H,3-4,9-10,15H2,1-2H3,(H,16,19)(H,17,20). The summed E-state index contributed by atoms with van der Waals surface area (Å²) in [5.74, 6) is -0.626. The molecule has 1 aromatic rings. The molecule has 0 aromatic heterocycles. The summed E-state index contributed by atoms with van der Waals surface area (Å²) in [5.41, 5.74) is 6.95. The highest BCUT2D eigenvalue weighted by molar-refractivity contribution is 5.94. The molecule has 0 aliphatic rings. The van der Waals surface area contributed by atoms with Gasteiger partial charge in [0.25, 0.3) is 0 Å². The van der Waals surface area contributed by atoms with E-state index in [1.807, 2.05) is 24.3 Å². The second-order valence-electron chi connectivity index (χ2n) is 4.25. The zero-order valence-electron chi connectivity index (χ0n) is 12.0. The largest absolute Gasteiger partial charge is 0.372 e. The van der Waals surface area contributed by atoms with Gasteiger partial charge in [-0.2, -0.15) is 0 Å². The Morgan fingerprint density at radius 2 is 1.70 bits per heavy atom. The van der Waals surface area contributed by atoms with Crippen LogP contribution < -0.4 is 21.3 Å². The number of hydrogen-bond acceptors (Lipinski definition) is 4. The molecule has 6 nitrogen and oxygen atoms in total. The highest BCUT2D eigenvalue weighted by Gasteiger charge is 2.05. The minimum Gasteiger partial charge on any atom is -0.372 e. The van der Waals surface area contributed by atoms with E-state index in [1.54, 1.807) is 0 Å². The Morgan fingerprint density at radius 1 is 1.10 bits per heavy atom. The molecule has 0 saturated heterocycles. The number of carbonyl (C=O) groups is 2. The zero-order chi connectivity index (χ0) is 15.0. The highest BCUT2D eigenvalue weighted by Crippen LogP contribution is 2.17. The van der Waals surface area contributed by atoms with Gasteiger partial charge in [0.2, 0.25) is 11.8 Å². The van der Waals surface area contributed by atoms with Crippen molar-refractivity contribution in [2.45, 2.75) is 13.8 Å². The van der Waals surface area contributed by atoms with Crippen LogP contribution in [0, 0.1) is 0 Å². The maximum atomic E-state index is 11.6. The Hall–Kier alpha value is -2.08. The van der Waals surface area contributed by atoms with E-state index >= 15 is 0 Å². The summed E-state index contributed by atoms with van der Waals surface area (Å²) in [6.45, 7) is 5.87. The molecule has 2 amide bonds. The van der Waals surface area contributed by atoms with E-state index in [2.05, 4.69) is 29.4 Å². The summed E-state index contributed by atoms with van der Waals surface area (Å²) in [6.07, 6.45) is 0. The molecule has 4 N–H and O–H groups in total. The van der Waals surface area contributed by atoms with Gasteiger partial charge in [0, 0.05) is 24.5 Å². The molecule has 0 unspecified atom stereocenters. The lowest BCUT2D eigenvalue weighted by Gasteiger charge is -2.21. The van der Waals surface area contributed by atoms with Gasteiger partial charge in [-0.3, -0.25) is 9.59 Å². The summed E-state index contributed by atoms with van der Waals surface area (Å²) in [6, 6.07) is 7.61. The van der Waals surface area contributed by atoms with Crippen molar-refractivity contribution in [3.8, 4) is 0 Å². The molecular formula is C14H22N4O2. The second kappa shape index (κ2) is 8.16. The van der Waals surface area contributed by atoms with Crippen molar-refractivity contribution >= 4 is 23.2 Å². The van der Waals surface area contributed by atoms with Crippen LogP contribution in [0.2, 0.25) is 0 Å². The fourth-order valence-electron chi connectivity index (χ4n) is 1.80. The van der Waals surface area contributed by atoms with Crippen molar-refractivity contribution in [2.75, 3.05) is 36.4 Å². The van der Waals surface area contributed by atoms with Crippen LogP contribution in [-0.4, -0.2) is 38.0 Å². The SMILES string of the molecule is CCN(CC)c1ccc(NC(=O)CNC(=O)CN)cc1. The monoisotopic (exact) mass is 278 g/mol. The maximum absolute atomic E-state index is 11.6. The van der Waals surface area contributed by atoms with Crippen molar-refractivity contribution in [1.29, 1.82) is 0 Å². The lowest BCUT2D eigenvalue weighted by atomic mass is 10.2. The normalized spacial score (nSPS) is 9.95. The summed E-state index contributed by atoms with van der Waals surface area (Å²) >= 11 is 0. The van der Waals surface area contributed by atoms with Gasteiger partial charge < -0.3 is 21.3 Å². The molecule has 0 atom stereocenters. The first-order valence-electron chi connectivity index (χ1n) is 6.72. The van der Waals surface area contributed by atoms with Crippen LogP contribution in [-0.2, 0) is 9.59 Å². The van der Waals surface area contributed by atoms with Gasteiger partial charge in [-0.25, -0.2) is 0 Å². The van der Waals surface area contributed by atoms with E-state index in [9.17, 15) is 9.59 Å². The number of amides is 2. The zero-order valence-corrected chi connectivity index (χ0v) is 12.0. The third-order valence-corrected chi connectivity index (χ3v) is 2.91. The molecule has 6 heteroatoms. The molecule has 0 spiro atoms. The molecule has 0 fully saturated rings.